The highest BCUT2D eigenvalue weighted by Gasteiger charge is 2.45. The van der Waals surface area contributed by atoms with E-state index in [1.54, 1.807) is 0 Å². The summed E-state index contributed by atoms with van der Waals surface area (Å²) in [6, 6.07) is 12.8. The van der Waals surface area contributed by atoms with Crippen LogP contribution in [0.25, 0.3) is 0 Å². The van der Waals surface area contributed by atoms with Gasteiger partial charge in [0.15, 0.2) is 16.6 Å². The Hall–Kier alpha value is 0.0806. The average Bonchev–Trinajstić information content (AvgIpc) is 2.42. The third kappa shape index (κ3) is 8.45. The Morgan fingerprint density at radius 3 is 1.83 bits per heavy atom. The minimum Gasteiger partial charge on any atom is -0.436 e. The van der Waals surface area contributed by atoms with Crippen LogP contribution < -0.4 is 0 Å². The second-order valence-corrected chi connectivity index (χ2v) is 21.8. The minimum absolute atomic E-state index is 0.445. The van der Waals surface area contributed by atoms with Crippen LogP contribution in [0.2, 0.25) is 51.4 Å². The van der Waals surface area contributed by atoms with Crippen molar-refractivity contribution in [1.29, 1.82) is 0 Å². The third-order valence-electron chi connectivity index (χ3n) is 3.66. The number of hydrogen-bond donors (Lipinski definition) is 0. The number of halogens is 1. The van der Waals surface area contributed by atoms with E-state index >= 15 is 0 Å². The van der Waals surface area contributed by atoms with Gasteiger partial charge in [-0.25, -0.2) is 0 Å². The van der Waals surface area contributed by atoms with Crippen molar-refractivity contribution in [3.05, 3.63) is 35.9 Å². The van der Waals surface area contributed by atoms with Crippen LogP contribution in [-0.2, 0) is 8.23 Å². The molecular weight excluding hydrogens is 368 g/mol. The Bertz CT molecular complexity index is 467. The Morgan fingerprint density at radius 2 is 1.42 bits per heavy atom. The molecule has 1 unspecified atom stereocenters. The van der Waals surface area contributed by atoms with Crippen molar-refractivity contribution in [2.24, 2.45) is 0 Å². The van der Waals surface area contributed by atoms with Gasteiger partial charge in [-0.05, 0) is 69.3 Å². The lowest BCUT2D eigenvalue weighted by Crippen LogP contribution is -2.55. The lowest BCUT2D eigenvalue weighted by atomic mass is 10.0. The van der Waals surface area contributed by atoms with Crippen molar-refractivity contribution < 1.29 is 8.23 Å². The molecule has 1 rings (SSSR count). The number of rotatable bonds is 10. The summed E-state index contributed by atoms with van der Waals surface area (Å²) < 4.78 is 13.7. The summed E-state index contributed by atoms with van der Waals surface area (Å²) in [5.74, 6) is 1.12. The lowest BCUT2D eigenvalue weighted by molar-refractivity contribution is 0.366. The van der Waals surface area contributed by atoms with Gasteiger partial charge in [0.05, 0.1) is 0 Å². The van der Waals surface area contributed by atoms with E-state index in [4.69, 9.17) is 19.8 Å². The molecule has 0 spiro atoms. The van der Waals surface area contributed by atoms with Crippen LogP contribution in [-0.4, -0.2) is 31.1 Å². The molecule has 0 radical (unpaired) electrons. The van der Waals surface area contributed by atoms with Gasteiger partial charge in [-0.15, -0.1) is 11.6 Å². The zero-order chi connectivity index (χ0) is 18.4. The van der Waals surface area contributed by atoms with Crippen LogP contribution in [0.4, 0.5) is 0 Å². The summed E-state index contributed by atoms with van der Waals surface area (Å²) in [7, 11) is -5.68. The van der Waals surface area contributed by atoms with Crippen molar-refractivity contribution in [2.75, 3.05) is 5.88 Å². The zero-order valence-electron chi connectivity index (χ0n) is 16.5. The van der Waals surface area contributed by atoms with Crippen LogP contribution >= 0.6 is 11.6 Å². The Morgan fingerprint density at radius 1 is 0.917 bits per heavy atom. The van der Waals surface area contributed by atoms with Gasteiger partial charge in [-0.3, -0.25) is 0 Å². The first-order valence-corrected chi connectivity index (χ1v) is 18.6. The molecule has 0 saturated heterocycles. The maximum absolute atomic E-state index is 6.83. The second-order valence-electron chi connectivity index (χ2n) is 8.65. The Kier molecular flexibility index (Phi) is 8.43. The smallest absolute Gasteiger partial charge is 0.318 e. The van der Waals surface area contributed by atoms with Gasteiger partial charge in [0, 0.05) is 5.88 Å². The van der Waals surface area contributed by atoms with Crippen LogP contribution in [0, 0.1) is 0 Å². The summed E-state index contributed by atoms with van der Waals surface area (Å²) in [5.41, 5.74) is 1.37. The molecule has 0 bridgehead atoms. The first-order valence-electron chi connectivity index (χ1n) is 8.98. The Labute approximate surface area is 157 Å². The molecule has 0 saturated carbocycles. The largest absolute Gasteiger partial charge is 0.436 e. The van der Waals surface area contributed by atoms with Gasteiger partial charge in [0.2, 0.25) is 0 Å². The standard InChI is InChI=1S/C18H35ClO2Si3/c1-17(18-12-9-8-10-13-18)16-24(15-11-14-19,20-22(2,3)4)21-23(5,6)7/h8-10,12-13,17H,11,14-16H2,1-7H3. The van der Waals surface area contributed by atoms with Gasteiger partial charge in [0.1, 0.15) is 0 Å². The SMILES string of the molecule is CC(C[Si](CCCCl)(O[Si](C)(C)C)O[Si](C)(C)C)c1ccccc1. The predicted octanol–water partition coefficient (Wildman–Crippen LogP) is 6.56. The van der Waals surface area contributed by atoms with Crippen molar-refractivity contribution >= 4 is 36.8 Å². The number of alkyl halides is 1. The molecule has 1 aromatic rings. The normalized spacial score (nSPS) is 14.7. The van der Waals surface area contributed by atoms with Gasteiger partial charge in [0.25, 0.3) is 0 Å². The molecule has 1 aromatic carbocycles. The molecule has 138 valence electrons. The molecule has 24 heavy (non-hydrogen) atoms. The highest BCUT2D eigenvalue weighted by atomic mass is 35.5. The van der Waals surface area contributed by atoms with Crippen molar-refractivity contribution in [3.63, 3.8) is 0 Å². The van der Waals surface area contributed by atoms with Crippen LogP contribution in [0.5, 0.6) is 0 Å². The first kappa shape index (κ1) is 22.1. The van der Waals surface area contributed by atoms with Crippen LogP contribution in [0.15, 0.2) is 30.3 Å². The lowest BCUT2D eigenvalue weighted by Gasteiger charge is -2.42. The van der Waals surface area contributed by atoms with E-state index in [-0.39, 0.29) is 0 Å². The number of benzene rings is 1. The van der Waals surface area contributed by atoms with E-state index in [1.807, 2.05) is 0 Å². The third-order valence-corrected chi connectivity index (χ3v) is 14.2. The molecule has 1 atom stereocenters. The predicted molar refractivity (Wildman–Crippen MR) is 114 cm³/mol. The van der Waals surface area contributed by atoms with E-state index in [9.17, 15) is 0 Å². The molecule has 2 nitrogen and oxygen atoms in total. The summed E-state index contributed by atoms with van der Waals surface area (Å²) in [6.07, 6.45) is 0.976. The topological polar surface area (TPSA) is 18.5 Å². The van der Waals surface area contributed by atoms with E-state index in [1.165, 1.54) is 5.56 Å². The molecule has 0 aliphatic heterocycles. The maximum atomic E-state index is 6.83. The molecule has 0 N–H and O–H groups in total. The quantitative estimate of drug-likeness (QED) is 0.325. The summed E-state index contributed by atoms with van der Waals surface area (Å²) >= 11 is 6.04. The van der Waals surface area contributed by atoms with Gasteiger partial charge >= 0.3 is 8.56 Å². The molecule has 0 aliphatic carbocycles. The van der Waals surface area contributed by atoms with E-state index in [0.29, 0.717) is 11.8 Å². The number of hydrogen-bond acceptors (Lipinski definition) is 2. The van der Waals surface area contributed by atoms with Crippen molar-refractivity contribution in [3.8, 4) is 0 Å². The maximum Gasteiger partial charge on any atom is 0.318 e. The second kappa shape index (κ2) is 9.14. The van der Waals surface area contributed by atoms with Crippen molar-refractivity contribution in [2.45, 2.75) is 70.6 Å². The van der Waals surface area contributed by atoms with E-state index in [2.05, 4.69) is 76.5 Å². The van der Waals surface area contributed by atoms with E-state index < -0.39 is 25.2 Å². The molecule has 0 fully saturated rings. The molecule has 0 amide bonds. The van der Waals surface area contributed by atoms with Gasteiger partial charge in [-0.2, -0.15) is 0 Å². The Balaban J connectivity index is 3.11. The minimum atomic E-state index is -2.29. The summed E-state index contributed by atoms with van der Waals surface area (Å²) in [4.78, 5) is 0. The van der Waals surface area contributed by atoms with Crippen molar-refractivity contribution in [1.82, 2.24) is 0 Å². The monoisotopic (exact) mass is 402 g/mol. The molecule has 0 heterocycles. The molecular formula is C18H35ClO2Si3. The fraction of sp³-hybridized carbons (Fsp3) is 0.667. The highest BCUT2D eigenvalue weighted by Crippen LogP contribution is 2.35. The summed E-state index contributed by atoms with van der Waals surface area (Å²) in [6.45, 7) is 15.9. The molecule has 6 heteroatoms. The summed E-state index contributed by atoms with van der Waals surface area (Å²) in [5, 5.41) is 0. The highest BCUT2D eigenvalue weighted by molar-refractivity contribution is 6.88. The van der Waals surface area contributed by atoms with Crippen LogP contribution in [0.1, 0.15) is 24.8 Å². The average molecular weight is 403 g/mol. The molecule has 0 aromatic heterocycles. The first-order chi connectivity index (χ1) is 11.0. The zero-order valence-corrected chi connectivity index (χ0v) is 20.2. The van der Waals surface area contributed by atoms with E-state index in [0.717, 1.165) is 18.5 Å². The van der Waals surface area contributed by atoms with Gasteiger partial charge in [-0.1, -0.05) is 37.3 Å². The fourth-order valence-electron chi connectivity index (χ4n) is 3.13. The molecule has 0 aliphatic rings. The fourth-order valence-corrected chi connectivity index (χ4v) is 16.5. The van der Waals surface area contributed by atoms with Crippen LogP contribution in [0.3, 0.4) is 0 Å². The van der Waals surface area contributed by atoms with Gasteiger partial charge < -0.3 is 8.23 Å².